The average Bonchev–Trinajstić information content (AvgIpc) is 3.23. The number of ether oxygens (including phenoxy) is 3. The fourth-order valence-corrected chi connectivity index (χ4v) is 5.13. The van der Waals surface area contributed by atoms with Gasteiger partial charge in [0.2, 0.25) is 0 Å². The van der Waals surface area contributed by atoms with Crippen LogP contribution in [0.1, 0.15) is 24.0 Å². The lowest BCUT2D eigenvalue weighted by atomic mass is 9.85. The van der Waals surface area contributed by atoms with Crippen LogP contribution in [0.4, 0.5) is 0 Å². The van der Waals surface area contributed by atoms with E-state index in [4.69, 9.17) is 19.3 Å². The van der Waals surface area contributed by atoms with Crippen LogP contribution in [0.25, 0.3) is 21.5 Å². The maximum Gasteiger partial charge on any atom is 0.161 e. The Balaban J connectivity index is 1.80. The summed E-state index contributed by atoms with van der Waals surface area (Å²) in [5.41, 5.74) is 2.87. The van der Waals surface area contributed by atoms with Gasteiger partial charge >= 0.3 is 0 Å². The van der Waals surface area contributed by atoms with Crippen molar-refractivity contribution in [2.45, 2.75) is 31.8 Å². The number of nitrogens with zero attached hydrogens (tertiary/aromatic N) is 1. The van der Waals surface area contributed by atoms with Crippen LogP contribution in [0.2, 0.25) is 0 Å². The Kier molecular flexibility index (Phi) is 4.72. The van der Waals surface area contributed by atoms with Crippen molar-refractivity contribution in [3.8, 4) is 17.2 Å². The predicted molar refractivity (Wildman–Crippen MR) is 114 cm³/mol. The molecule has 1 fully saturated rings. The van der Waals surface area contributed by atoms with Crippen LogP contribution < -0.4 is 14.2 Å². The molecule has 1 N–H and O–H groups in total. The molecular formula is C24H27NO4. The van der Waals surface area contributed by atoms with Crippen molar-refractivity contribution in [3.05, 3.63) is 41.5 Å². The zero-order valence-corrected chi connectivity index (χ0v) is 17.0. The number of rotatable bonds is 5. The van der Waals surface area contributed by atoms with E-state index in [0.29, 0.717) is 12.6 Å². The first-order valence-corrected chi connectivity index (χ1v) is 10.3. The van der Waals surface area contributed by atoms with Crippen LogP contribution in [0.5, 0.6) is 17.2 Å². The molecule has 3 aromatic rings. The lowest BCUT2D eigenvalue weighted by Crippen LogP contribution is -2.35. The number of benzene rings is 3. The van der Waals surface area contributed by atoms with Gasteiger partial charge in [-0.1, -0.05) is 6.07 Å². The third-order valence-electron chi connectivity index (χ3n) is 6.48. The van der Waals surface area contributed by atoms with Gasteiger partial charge in [-0.05, 0) is 82.7 Å². The number of fused-ring (bicyclic) bond motifs is 7. The lowest BCUT2D eigenvalue weighted by Gasteiger charge is -2.33. The third-order valence-corrected chi connectivity index (χ3v) is 6.48. The minimum atomic E-state index is 0.00431. The fraction of sp³-hybridized carbons (Fsp3) is 0.417. The van der Waals surface area contributed by atoms with Crippen molar-refractivity contribution in [2.75, 3.05) is 34.0 Å². The summed E-state index contributed by atoms with van der Waals surface area (Å²) in [5, 5.41) is 14.0. The van der Waals surface area contributed by atoms with Crippen LogP contribution in [0, 0.1) is 0 Å². The van der Waals surface area contributed by atoms with E-state index in [1.165, 1.54) is 41.3 Å². The van der Waals surface area contributed by atoms with Crippen molar-refractivity contribution in [2.24, 2.45) is 0 Å². The maximum atomic E-state index is 9.12. The molecule has 0 radical (unpaired) electrons. The predicted octanol–water partition coefficient (Wildman–Crippen LogP) is 3.90. The highest BCUT2D eigenvalue weighted by Gasteiger charge is 2.32. The minimum absolute atomic E-state index is 0.00431. The molecule has 0 unspecified atom stereocenters. The van der Waals surface area contributed by atoms with E-state index in [1.807, 2.05) is 6.07 Å². The summed E-state index contributed by atoms with van der Waals surface area (Å²) in [7, 11) is 3.37. The minimum Gasteiger partial charge on any atom is -0.493 e. The molecule has 5 rings (SSSR count). The van der Waals surface area contributed by atoms with Gasteiger partial charge in [0.15, 0.2) is 11.5 Å². The number of hydrogen-bond acceptors (Lipinski definition) is 5. The molecule has 0 aliphatic carbocycles. The third kappa shape index (κ3) is 3.00. The molecule has 5 nitrogen and oxygen atoms in total. The maximum absolute atomic E-state index is 9.12. The molecular weight excluding hydrogens is 366 g/mol. The van der Waals surface area contributed by atoms with Gasteiger partial charge in [0, 0.05) is 12.6 Å². The number of aliphatic hydroxyl groups is 1. The van der Waals surface area contributed by atoms with E-state index in [-0.39, 0.29) is 6.61 Å². The molecule has 0 aromatic heterocycles. The first-order valence-electron chi connectivity index (χ1n) is 10.3. The van der Waals surface area contributed by atoms with E-state index in [9.17, 15) is 0 Å². The molecule has 2 aliphatic heterocycles. The summed E-state index contributed by atoms with van der Waals surface area (Å²) >= 11 is 0. The quantitative estimate of drug-likeness (QED) is 0.667. The van der Waals surface area contributed by atoms with Gasteiger partial charge in [0.25, 0.3) is 0 Å². The molecule has 2 aliphatic rings. The van der Waals surface area contributed by atoms with Gasteiger partial charge in [-0.3, -0.25) is 4.90 Å². The van der Waals surface area contributed by atoms with Gasteiger partial charge in [-0.25, -0.2) is 0 Å². The summed E-state index contributed by atoms with van der Waals surface area (Å²) in [6.45, 7) is 2.48. The highest BCUT2D eigenvalue weighted by molar-refractivity contribution is 6.12. The Hall–Kier alpha value is -2.50. The van der Waals surface area contributed by atoms with Gasteiger partial charge in [-0.2, -0.15) is 0 Å². The largest absolute Gasteiger partial charge is 0.493 e. The summed E-state index contributed by atoms with van der Waals surface area (Å²) in [5.74, 6) is 2.28. The monoisotopic (exact) mass is 393 g/mol. The second-order valence-electron chi connectivity index (χ2n) is 7.96. The van der Waals surface area contributed by atoms with Gasteiger partial charge in [-0.15, -0.1) is 0 Å². The van der Waals surface area contributed by atoms with Crippen molar-refractivity contribution in [1.82, 2.24) is 4.90 Å². The molecule has 152 valence electrons. The second-order valence-corrected chi connectivity index (χ2v) is 7.96. The van der Waals surface area contributed by atoms with Crippen molar-refractivity contribution >= 4 is 21.5 Å². The van der Waals surface area contributed by atoms with Crippen LogP contribution in [-0.4, -0.2) is 50.0 Å². The summed E-state index contributed by atoms with van der Waals surface area (Å²) in [6, 6.07) is 11.2. The highest BCUT2D eigenvalue weighted by Crippen LogP contribution is 2.44. The Morgan fingerprint density at radius 2 is 1.72 bits per heavy atom. The molecule has 0 spiro atoms. The van der Waals surface area contributed by atoms with Gasteiger partial charge < -0.3 is 19.3 Å². The van der Waals surface area contributed by atoms with Crippen molar-refractivity contribution < 1.29 is 19.3 Å². The first-order chi connectivity index (χ1) is 14.2. The van der Waals surface area contributed by atoms with E-state index < -0.39 is 0 Å². The topological polar surface area (TPSA) is 51.2 Å². The molecule has 1 atom stereocenters. The van der Waals surface area contributed by atoms with E-state index in [0.717, 1.165) is 41.0 Å². The molecule has 5 heteroatoms. The normalized spacial score (nSPS) is 18.7. The van der Waals surface area contributed by atoms with E-state index >= 15 is 0 Å². The van der Waals surface area contributed by atoms with Crippen LogP contribution in [-0.2, 0) is 13.0 Å². The van der Waals surface area contributed by atoms with Gasteiger partial charge in [0.05, 0.1) is 20.8 Å². The van der Waals surface area contributed by atoms with Crippen molar-refractivity contribution in [1.29, 1.82) is 0 Å². The highest BCUT2D eigenvalue weighted by atomic mass is 16.5. The fourth-order valence-electron chi connectivity index (χ4n) is 5.13. The Morgan fingerprint density at radius 3 is 2.48 bits per heavy atom. The first kappa shape index (κ1) is 18.5. The van der Waals surface area contributed by atoms with Gasteiger partial charge in [0.1, 0.15) is 12.4 Å². The zero-order valence-electron chi connectivity index (χ0n) is 17.0. The lowest BCUT2D eigenvalue weighted by molar-refractivity contribution is 0.201. The number of hydrogen-bond donors (Lipinski definition) is 1. The summed E-state index contributed by atoms with van der Waals surface area (Å²) < 4.78 is 16.9. The molecule has 0 saturated carbocycles. The molecule has 2 heterocycles. The SMILES string of the molecule is COc1cc2c3c(c4ccc(OCCO)cc4c2cc1OC)CN1CCC[C@@H]1C3. The zero-order chi connectivity index (χ0) is 20.0. The second kappa shape index (κ2) is 7.39. The van der Waals surface area contributed by atoms with Crippen LogP contribution in [0.3, 0.4) is 0 Å². The average molecular weight is 393 g/mol. The van der Waals surface area contributed by atoms with E-state index in [1.54, 1.807) is 14.2 Å². The van der Waals surface area contributed by atoms with Crippen LogP contribution in [0.15, 0.2) is 30.3 Å². The summed E-state index contributed by atoms with van der Waals surface area (Å²) in [6.07, 6.45) is 3.64. The molecule has 29 heavy (non-hydrogen) atoms. The number of methoxy groups -OCH3 is 2. The smallest absolute Gasteiger partial charge is 0.161 e. The number of aliphatic hydroxyl groups excluding tert-OH is 1. The standard InChI is InChI=1S/C24H27NO4/c1-27-23-12-20-18-10-15-4-3-7-25(15)14-22(18)17-6-5-16(29-9-8-26)11-19(17)21(20)13-24(23)28-2/h5-6,11-13,15,26H,3-4,7-10,14H2,1-2H3/t15-/m1/s1. The molecule has 1 saturated heterocycles. The Morgan fingerprint density at radius 1 is 0.966 bits per heavy atom. The molecule has 0 amide bonds. The molecule has 3 aromatic carbocycles. The Bertz CT molecular complexity index is 1080. The van der Waals surface area contributed by atoms with Crippen LogP contribution >= 0.6 is 0 Å². The Labute approximate surface area is 170 Å². The van der Waals surface area contributed by atoms with E-state index in [2.05, 4.69) is 29.2 Å². The van der Waals surface area contributed by atoms with Crippen molar-refractivity contribution in [3.63, 3.8) is 0 Å². The molecule has 0 bridgehead atoms. The summed E-state index contributed by atoms with van der Waals surface area (Å²) in [4.78, 5) is 2.63.